The van der Waals surface area contributed by atoms with Crippen LogP contribution >= 0.6 is 11.3 Å². The molecule has 0 aliphatic heterocycles. The molecule has 0 unspecified atom stereocenters. The molecule has 22 heavy (non-hydrogen) atoms. The number of benzene rings is 1. The Labute approximate surface area is 134 Å². The van der Waals surface area contributed by atoms with E-state index in [2.05, 4.69) is 10.3 Å². The van der Waals surface area contributed by atoms with Crippen LogP contribution in [0.5, 0.6) is 0 Å². The summed E-state index contributed by atoms with van der Waals surface area (Å²) in [5, 5.41) is 4.69. The van der Waals surface area contributed by atoms with Crippen LogP contribution in [0.4, 0.5) is 5.13 Å². The lowest BCUT2D eigenvalue weighted by molar-refractivity contribution is -0.115. The van der Waals surface area contributed by atoms with E-state index < -0.39 is 15.1 Å². The Morgan fingerprint density at radius 1 is 1.27 bits per heavy atom. The van der Waals surface area contributed by atoms with Gasteiger partial charge < -0.3 is 5.32 Å². The minimum atomic E-state index is -3.28. The van der Waals surface area contributed by atoms with E-state index in [9.17, 15) is 13.2 Å². The summed E-state index contributed by atoms with van der Waals surface area (Å²) in [5.41, 5.74) is 1.62. The van der Waals surface area contributed by atoms with Gasteiger partial charge >= 0.3 is 0 Å². The van der Waals surface area contributed by atoms with Crippen molar-refractivity contribution in [2.24, 2.45) is 0 Å². The zero-order valence-corrected chi connectivity index (χ0v) is 14.3. The van der Waals surface area contributed by atoms with Crippen molar-refractivity contribution >= 4 is 32.2 Å². The molecule has 0 aliphatic rings. The maximum absolute atomic E-state index is 12.0. The summed E-state index contributed by atoms with van der Waals surface area (Å²) in [6.07, 6.45) is 0.181. The fraction of sp³-hybridized carbons (Fsp3) is 0.333. The molecule has 5 nitrogen and oxygen atoms in total. The summed E-state index contributed by atoms with van der Waals surface area (Å²) in [6.45, 7) is 5.15. The molecule has 0 saturated carbocycles. The minimum absolute atomic E-state index is 0.172. The predicted octanol–water partition coefficient (Wildman–Crippen LogP) is 2.81. The van der Waals surface area contributed by atoms with Crippen molar-refractivity contribution in [3.8, 4) is 0 Å². The lowest BCUT2D eigenvalue weighted by Gasteiger charge is -2.08. The summed E-state index contributed by atoms with van der Waals surface area (Å²) < 4.78 is 24.0. The number of carbonyl (C=O) groups excluding carboxylic acids is 1. The van der Waals surface area contributed by atoms with E-state index in [1.54, 1.807) is 38.1 Å². The topological polar surface area (TPSA) is 76.1 Å². The molecule has 1 aromatic heterocycles. The fourth-order valence-corrected chi connectivity index (χ4v) is 3.59. The van der Waals surface area contributed by atoms with E-state index in [-0.39, 0.29) is 17.2 Å². The van der Waals surface area contributed by atoms with E-state index in [0.29, 0.717) is 5.13 Å². The molecule has 1 heterocycles. The van der Waals surface area contributed by atoms with Gasteiger partial charge in [-0.3, -0.25) is 4.79 Å². The van der Waals surface area contributed by atoms with Gasteiger partial charge in [0, 0.05) is 5.38 Å². The van der Waals surface area contributed by atoms with Crippen LogP contribution in [-0.4, -0.2) is 24.6 Å². The van der Waals surface area contributed by atoms with Crippen molar-refractivity contribution in [3.05, 3.63) is 40.9 Å². The lowest BCUT2D eigenvalue weighted by Crippen LogP contribution is -2.15. The average molecular weight is 338 g/mol. The molecule has 0 spiro atoms. The molecule has 0 atom stereocenters. The van der Waals surface area contributed by atoms with Gasteiger partial charge in [-0.25, -0.2) is 13.4 Å². The molecule has 0 bridgehead atoms. The van der Waals surface area contributed by atoms with Crippen LogP contribution < -0.4 is 5.32 Å². The van der Waals surface area contributed by atoms with Crippen LogP contribution in [0.3, 0.4) is 0 Å². The predicted molar refractivity (Wildman–Crippen MR) is 87.9 cm³/mol. The largest absolute Gasteiger partial charge is 0.302 e. The number of aryl methyl sites for hydroxylation is 1. The van der Waals surface area contributed by atoms with Crippen LogP contribution in [-0.2, 0) is 21.1 Å². The van der Waals surface area contributed by atoms with Gasteiger partial charge in [0.05, 0.1) is 22.3 Å². The van der Waals surface area contributed by atoms with E-state index in [4.69, 9.17) is 0 Å². The molecule has 2 rings (SSSR count). The van der Waals surface area contributed by atoms with Crippen LogP contribution in [0.25, 0.3) is 0 Å². The van der Waals surface area contributed by atoms with Gasteiger partial charge in [-0.05, 0) is 38.5 Å². The molecule has 0 saturated heterocycles. The van der Waals surface area contributed by atoms with Gasteiger partial charge in [-0.1, -0.05) is 12.1 Å². The Balaban J connectivity index is 2.04. The van der Waals surface area contributed by atoms with Gasteiger partial charge in [-0.2, -0.15) is 0 Å². The second kappa shape index (κ2) is 6.58. The van der Waals surface area contributed by atoms with E-state index in [1.165, 1.54) is 11.3 Å². The summed E-state index contributed by atoms with van der Waals surface area (Å²) >= 11 is 1.38. The molecular formula is C15H18N2O3S2. The first-order chi connectivity index (χ1) is 10.3. The second-order valence-electron chi connectivity index (χ2n) is 5.26. The number of nitrogens with one attached hydrogen (secondary N) is 1. The third-order valence-corrected chi connectivity index (χ3v) is 6.15. The standard InChI is InChI=1S/C15H18N2O3S2/c1-10(2)22(19,20)13-6-4-12(5-7-13)8-14(18)17-15-16-11(3)9-21-15/h4-7,9-10H,8H2,1-3H3,(H,16,17,18). The van der Waals surface area contributed by atoms with Crippen LogP contribution in [0.2, 0.25) is 0 Å². The number of rotatable bonds is 5. The number of nitrogens with zero attached hydrogens (tertiary/aromatic N) is 1. The monoisotopic (exact) mass is 338 g/mol. The van der Waals surface area contributed by atoms with Crippen molar-refractivity contribution in [1.29, 1.82) is 0 Å². The summed E-state index contributed by atoms with van der Waals surface area (Å²) in [4.78, 5) is 16.4. The smallest absolute Gasteiger partial charge is 0.230 e. The quantitative estimate of drug-likeness (QED) is 0.909. The summed E-state index contributed by atoms with van der Waals surface area (Å²) in [7, 11) is -3.28. The number of hydrogen-bond donors (Lipinski definition) is 1. The molecular weight excluding hydrogens is 320 g/mol. The molecule has 0 fully saturated rings. The number of amides is 1. The maximum atomic E-state index is 12.0. The van der Waals surface area contributed by atoms with Gasteiger partial charge in [0.25, 0.3) is 0 Å². The molecule has 0 radical (unpaired) electrons. The van der Waals surface area contributed by atoms with E-state index in [0.717, 1.165) is 11.3 Å². The number of thiazole rings is 1. The SMILES string of the molecule is Cc1csc(NC(=O)Cc2ccc(S(=O)(=O)C(C)C)cc2)n1. The molecule has 1 N–H and O–H groups in total. The Bertz CT molecular complexity index is 762. The Hall–Kier alpha value is -1.73. The normalized spacial score (nSPS) is 11.6. The number of aromatic nitrogens is 1. The molecule has 0 aliphatic carbocycles. The van der Waals surface area contributed by atoms with Crippen molar-refractivity contribution < 1.29 is 13.2 Å². The van der Waals surface area contributed by atoms with Gasteiger partial charge in [-0.15, -0.1) is 11.3 Å². The first-order valence-electron chi connectivity index (χ1n) is 6.84. The van der Waals surface area contributed by atoms with Crippen molar-refractivity contribution in [3.63, 3.8) is 0 Å². The fourth-order valence-electron chi connectivity index (χ4n) is 1.83. The van der Waals surface area contributed by atoms with Gasteiger partial charge in [0.2, 0.25) is 5.91 Å². The Morgan fingerprint density at radius 3 is 2.41 bits per heavy atom. The minimum Gasteiger partial charge on any atom is -0.302 e. The van der Waals surface area contributed by atoms with E-state index >= 15 is 0 Å². The van der Waals surface area contributed by atoms with Crippen LogP contribution in [0, 0.1) is 6.92 Å². The number of sulfone groups is 1. The van der Waals surface area contributed by atoms with Gasteiger partial charge in [0.15, 0.2) is 15.0 Å². The molecule has 7 heteroatoms. The van der Waals surface area contributed by atoms with Crippen molar-refractivity contribution in [1.82, 2.24) is 4.98 Å². The van der Waals surface area contributed by atoms with Crippen molar-refractivity contribution in [2.75, 3.05) is 5.32 Å². The highest BCUT2D eigenvalue weighted by molar-refractivity contribution is 7.92. The highest BCUT2D eigenvalue weighted by atomic mass is 32.2. The van der Waals surface area contributed by atoms with Gasteiger partial charge in [0.1, 0.15) is 0 Å². The third kappa shape index (κ3) is 3.92. The van der Waals surface area contributed by atoms with Crippen LogP contribution in [0.1, 0.15) is 25.1 Å². The lowest BCUT2D eigenvalue weighted by atomic mass is 10.1. The first kappa shape index (κ1) is 16.6. The van der Waals surface area contributed by atoms with Crippen LogP contribution in [0.15, 0.2) is 34.5 Å². The zero-order valence-electron chi connectivity index (χ0n) is 12.7. The molecule has 118 valence electrons. The average Bonchev–Trinajstić information content (AvgIpc) is 2.84. The maximum Gasteiger partial charge on any atom is 0.230 e. The molecule has 1 aromatic carbocycles. The summed E-state index contributed by atoms with van der Waals surface area (Å²) in [6, 6.07) is 6.43. The van der Waals surface area contributed by atoms with Crippen molar-refractivity contribution in [2.45, 2.75) is 37.3 Å². The zero-order chi connectivity index (χ0) is 16.3. The number of carbonyl (C=O) groups is 1. The summed E-state index contributed by atoms with van der Waals surface area (Å²) in [5.74, 6) is -0.172. The molecule has 2 aromatic rings. The number of anilines is 1. The molecule has 1 amide bonds. The Morgan fingerprint density at radius 2 is 1.91 bits per heavy atom. The third-order valence-electron chi connectivity index (χ3n) is 3.10. The first-order valence-corrected chi connectivity index (χ1v) is 9.26. The van der Waals surface area contributed by atoms with E-state index in [1.807, 2.05) is 12.3 Å². The highest BCUT2D eigenvalue weighted by Gasteiger charge is 2.18. The number of hydrogen-bond acceptors (Lipinski definition) is 5. The second-order valence-corrected chi connectivity index (χ2v) is 8.62. The Kier molecular flexibility index (Phi) is 4.97. The highest BCUT2D eigenvalue weighted by Crippen LogP contribution is 2.18.